The normalized spacial score (nSPS) is 19.1. The standard InChI is InChI=1S/C8H14N2O/c1-8(7-9-11)10-5-3-2-4-6-10/h7,11H,1-6H2/b9-7+. The smallest absolute Gasteiger partial charge is 0.0888 e. The highest BCUT2D eigenvalue weighted by molar-refractivity contribution is 5.76. The molecule has 0 atom stereocenters. The van der Waals surface area contributed by atoms with E-state index in [0.717, 1.165) is 18.8 Å². The number of likely N-dealkylation sites (tertiary alicyclic amines) is 1. The number of piperidine rings is 1. The van der Waals surface area contributed by atoms with Crippen LogP contribution < -0.4 is 0 Å². The summed E-state index contributed by atoms with van der Waals surface area (Å²) in [6, 6.07) is 0. The van der Waals surface area contributed by atoms with E-state index >= 15 is 0 Å². The molecule has 0 bridgehead atoms. The van der Waals surface area contributed by atoms with E-state index in [4.69, 9.17) is 5.21 Å². The number of allylic oxidation sites excluding steroid dienone is 1. The molecule has 0 unspecified atom stereocenters. The zero-order valence-electron chi connectivity index (χ0n) is 6.66. The van der Waals surface area contributed by atoms with Crippen molar-refractivity contribution in [2.75, 3.05) is 13.1 Å². The molecule has 3 heteroatoms. The van der Waals surface area contributed by atoms with Crippen molar-refractivity contribution < 1.29 is 5.21 Å². The van der Waals surface area contributed by atoms with Crippen molar-refractivity contribution >= 4 is 6.21 Å². The third-order valence-electron chi connectivity index (χ3n) is 1.97. The van der Waals surface area contributed by atoms with E-state index in [2.05, 4.69) is 16.6 Å². The maximum atomic E-state index is 8.25. The molecular formula is C8H14N2O. The Bertz CT molecular complexity index is 159. The van der Waals surface area contributed by atoms with Gasteiger partial charge in [-0.1, -0.05) is 11.7 Å². The molecule has 1 aliphatic heterocycles. The van der Waals surface area contributed by atoms with Crippen molar-refractivity contribution in [3.63, 3.8) is 0 Å². The number of hydrogen-bond donors (Lipinski definition) is 1. The van der Waals surface area contributed by atoms with Crippen molar-refractivity contribution in [1.82, 2.24) is 4.90 Å². The second kappa shape index (κ2) is 4.01. The highest BCUT2D eigenvalue weighted by Crippen LogP contribution is 2.11. The van der Waals surface area contributed by atoms with Crippen LogP contribution in [0.15, 0.2) is 17.4 Å². The van der Waals surface area contributed by atoms with Crippen LogP contribution in [-0.2, 0) is 0 Å². The van der Waals surface area contributed by atoms with E-state index in [1.807, 2.05) is 0 Å². The molecule has 1 heterocycles. The highest BCUT2D eigenvalue weighted by Gasteiger charge is 2.09. The molecule has 3 nitrogen and oxygen atoms in total. The van der Waals surface area contributed by atoms with Crippen LogP contribution in [0.25, 0.3) is 0 Å². The van der Waals surface area contributed by atoms with Gasteiger partial charge in [0.05, 0.1) is 11.9 Å². The fourth-order valence-electron chi connectivity index (χ4n) is 1.33. The van der Waals surface area contributed by atoms with E-state index < -0.39 is 0 Å². The van der Waals surface area contributed by atoms with Gasteiger partial charge in [-0.3, -0.25) is 0 Å². The van der Waals surface area contributed by atoms with Crippen LogP contribution in [0.3, 0.4) is 0 Å². The average molecular weight is 154 g/mol. The van der Waals surface area contributed by atoms with Crippen LogP contribution in [-0.4, -0.2) is 29.4 Å². The van der Waals surface area contributed by atoms with Crippen LogP contribution in [0.4, 0.5) is 0 Å². The predicted molar refractivity (Wildman–Crippen MR) is 44.8 cm³/mol. The van der Waals surface area contributed by atoms with Crippen molar-refractivity contribution in [2.45, 2.75) is 19.3 Å². The van der Waals surface area contributed by atoms with Gasteiger partial charge < -0.3 is 10.1 Å². The third kappa shape index (κ3) is 2.26. The van der Waals surface area contributed by atoms with E-state index in [1.165, 1.54) is 25.5 Å². The van der Waals surface area contributed by atoms with Crippen molar-refractivity contribution in [1.29, 1.82) is 0 Å². The molecule has 1 N–H and O–H groups in total. The van der Waals surface area contributed by atoms with Gasteiger partial charge in [0.15, 0.2) is 0 Å². The lowest BCUT2D eigenvalue weighted by Crippen LogP contribution is -2.29. The second-order valence-electron chi connectivity index (χ2n) is 2.78. The van der Waals surface area contributed by atoms with Gasteiger partial charge in [0.2, 0.25) is 0 Å². The molecule has 11 heavy (non-hydrogen) atoms. The maximum Gasteiger partial charge on any atom is 0.0888 e. The highest BCUT2D eigenvalue weighted by atomic mass is 16.4. The Morgan fingerprint density at radius 1 is 1.36 bits per heavy atom. The maximum absolute atomic E-state index is 8.25. The topological polar surface area (TPSA) is 35.8 Å². The predicted octanol–water partition coefficient (Wildman–Crippen LogP) is 1.45. The first-order chi connectivity index (χ1) is 5.34. The monoisotopic (exact) mass is 154 g/mol. The summed E-state index contributed by atoms with van der Waals surface area (Å²) in [5.41, 5.74) is 0.812. The summed E-state index contributed by atoms with van der Waals surface area (Å²) in [5.74, 6) is 0. The van der Waals surface area contributed by atoms with Gasteiger partial charge in [0, 0.05) is 13.1 Å². The van der Waals surface area contributed by atoms with E-state index in [-0.39, 0.29) is 0 Å². The van der Waals surface area contributed by atoms with Gasteiger partial charge in [0.1, 0.15) is 0 Å². The number of nitrogens with zero attached hydrogens (tertiary/aromatic N) is 2. The molecule has 0 radical (unpaired) electrons. The van der Waals surface area contributed by atoms with Crippen molar-refractivity contribution in [2.24, 2.45) is 5.16 Å². The Balaban J connectivity index is 2.38. The number of oxime groups is 1. The van der Waals surface area contributed by atoms with Crippen LogP contribution in [0.1, 0.15) is 19.3 Å². The van der Waals surface area contributed by atoms with E-state index in [0.29, 0.717) is 0 Å². The largest absolute Gasteiger partial charge is 0.411 e. The zero-order valence-corrected chi connectivity index (χ0v) is 6.66. The Labute approximate surface area is 67.0 Å². The SMILES string of the molecule is C=C(/C=N/O)N1CCCCC1. The van der Waals surface area contributed by atoms with Gasteiger partial charge >= 0.3 is 0 Å². The van der Waals surface area contributed by atoms with Crippen molar-refractivity contribution in [3.05, 3.63) is 12.3 Å². The van der Waals surface area contributed by atoms with E-state index in [1.54, 1.807) is 0 Å². The Kier molecular flexibility index (Phi) is 2.95. The number of rotatable bonds is 2. The summed E-state index contributed by atoms with van der Waals surface area (Å²) in [7, 11) is 0. The molecule has 0 aliphatic carbocycles. The first-order valence-corrected chi connectivity index (χ1v) is 3.96. The minimum Gasteiger partial charge on any atom is -0.411 e. The lowest BCUT2D eigenvalue weighted by atomic mass is 10.1. The van der Waals surface area contributed by atoms with Gasteiger partial charge in [0.25, 0.3) is 0 Å². The second-order valence-corrected chi connectivity index (χ2v) is 2.78. The zero-order chi connectivity index (χ0) is 8.10. The first kappa shape index (κ1) is 8.11. The molecule has 0 aromatic carbocycles. The molecule has 1 fully saturated rings. The molecule has 0 amide bonds. The summed E-state index contributed by atoms with van der Waals surface area (Å²) >= 11 is 0. The molecule has 0 saturated carbocycles. The minimum atomic E-state index is 0.812. The molecule has 0 spiro atoms. The summed E-state index contributed by atoms with van der Waals surface area (Å²) in [6.45, 7) is 5.88. The molecule has 0 aromatic rings. The molecule has 62 valence electrons. The van der Waals surface area contributed by atoms with Crippen LogP contribution in [0.5, 0.6) is 0 Å². The first-order valence-electron chi connectivity index (χ1n) is 3.96. The van der Waals surface area contributed by atoms with Crippen LogP contribution >= 0.6 is 0 Å². The molecule has 1 aliphatic rings. The Hall–Kier alpha value is -0.990. The summed E-state index contributed by atoms with van der Waals surface area (Å²) in [5, 5.41) is 11.2. The summed E-state index contributed by atoms with van der Waals surface area (Å²) < 4.78 is 0. The minimum absolute atomic E-state index is 0.812. The molecule has 1 saturated heterocycles. The average Bonchev–Trinajstić information content (AvgIpc) is 2.07. The fourth-order valence-corrected chi connectivity index (χ4v) is 1.33. The van der Waals surface area contributed by atoms with Gasteiger partial charge in [-0.15, -0.1) is 0 Å². The van der Waals surface area contributed by atoms with E-state index in [9.17, 15) is 0 Å². The lowest BCUT2D eigenvalue weighted by molar-refractivity contribution is 0.292. The van der Waals surface area contributed by atoms with Crippen LogP contribution in [0.2, 0.25) is 0 Å². The Morgan fingerprint density at radius 2 is 2.00 bits per heavy atom. The Morgan fingerprint density at radius 3 is 2.55 bits per heavy atom. The molecule has 1 rings (SSSR count). The molecule has 0 aromatic heterocycles. The fraction of sp³-hybridized carbons (Fsp3) is 0.625. The van der Waals surface area contributed by atoms with Gasteiger partial charge in [-0.05, 0) is 19.3 Å². The van der Waals surface area contributed by atoms with Gasteiger partial charge in [-0.25, -0.2) is 0 Å². The summed E-state index contributed by atoms with van der Waals surface area (Å²) in [6.07, 6.45) is 5.14. The molecular weight excluding hydrogens is 140 g/mol. The van der Waals surface area contributed by atoms with Crippen molar-refractivity contribution in [3.8, 4) is 0 Å². The number of hydrogen-bond acceptors (Lipinski definition) is 3. The third-order valence-corrected chi connectivity index (χ3v) is 1.97. The lowest BCUT2D eigenvalue weighted by Gasteiger charge is -2.28. The summed E-state index contributed by atoms with van der Waals surface area (Å²) in [4.78, 5) is 2.14. The quantitative estimate of drug-likeness (QED) is 0.371. The van der Waals surface area contributed by atoms with Crippen LogP contribution in [0, 0.1) is 0 Å². The van der Waals surface area contributed by atoms with Gasteiger partial charge in [-0.2, -0.15) is 0 Å².